The number of nitrogens with one attached hydrogen (secondary N) is 1. The number of thioether (sulfide) groups is 1. The fraction of sp³-hybridized carbons (Fsp3) is 0.667. The van der Waals surface area contributed by atoms with Gasteiger partial charge in [0.05, 0.1) is 0 Å². The monoisotopic (exact) mass is 252 g/mol. The largest absolute Gasteiger partial charge is 0.384 e. The van der Waals surface area contributed by atoms with Gasteiger partial charge in [-0.05, 0) is 30.8 Å². The van der Waals surface area contributed by atoms with E-state index in [1.807, 2.05) is 17.8 Å². The second kappa shape index (κ2) is 6.10. The van der Waals surface area contributed by atoms with Crippen molar-refractivity contribution in [1.82, 2.24) is 9.97 Å². The van der Waals surface area contributed by atoms with Gasteiger partial charge in [0.2, 0.25) is 0 Å². The van der Waals surface area contributed by atoms with Gasteiger partial charge in [0.15, 0.2) is 0 Å². The molecule has 0 saturated heterocycles. The lowest BCUT2D eigenvalue weighted by molar-refractivity contribution is 0.915. The molecule has 0 aliphatic heterocycles. The summed E-state index contributed by atoms with van der Waals surface area (Å²) >= 11 is 1.97. The highest BCUT2D eigenvalue weighted by Gasteiger charge is 2.27. The first-order valence-corrected chi connectivity index (χ1v) is 7.41. The second-order valence-electron chi connectivity index (χ2n) is 4.29. The van der Waals surface area contributed by atoms with Gasteiger partial charge in [-0.2, -0.15) is 11.8 Å². The van der Waals surface area contributed by atoms with Gasteiger partial charge in [-0.15, -0.1) is 0 Å². The number of rotatable bonds is 7. The number of hydrogen-bond donors (Lipinski definition) is 2. The molecule has 3 N–H and O–H groups in total. The number of nitrogens with two attached hydrogens (primary N) is 1. The van der Waals surface area contributed by atoms with E-state index in [1.165, 1.54) is 24.3 Å². The van der Waals surface area contributed by atoms with Crippen LogP contribution in [-0.2, 0) is 0 Å². The quantitative estimate of drug-likeness (QED) is 0.730. The Morgan fingerprint density at radius 2 is 2.29 bits per heavy atom. The number of anilines is 2. The van der Waals surface area contributed by atoms with E-state index >= 15 is 0 Å². The van der Waals surface area contributed by atoms with Crippen LogP contribution in [0.3, 0.4) is 0 Å². The zero-order chi connectivity index (χ0) is 12.1. The lowest BCUT2D eigenvalue weighted by Gasteiger charge is -2.07. The Hall–Kier alpha value is -0.970. The third-order valence-electron chi connectivity index (χ3n) is 2.68. The average Bonchev–Trinajstić information content (AvgIpc) is 3.12. The average molecular weight is 252 g/mol. The van der Waals surface area contributed by atoms with E-state index in [0.717, 1.165) is 24.6 Å². The van der Waals surface area contributed by atoms with E-state index < -0.39 is 0 Å². The summed E-state index contributed by atoms with van der Waals surface area (Å²) in [5.74, 6) is 5.30. The van der Waals surface area contributed by atoms with Crippen molar-refractivity contribution in [3.63, 3.8) is 0 Å². The number of aromatic nitrogens is 2. The van der Waals surface area contributed by atoms with Crippen LogP contribution in [0.2, 0.25) is 0 Å². The molecular weight excluding hydrogens is 232 g/mol. The van der Waals surface area contributed by atoms with Crippen molar-refractivity contribution in [2.45, 2.75) is 32.1 Å². The first-order chi connectivity index (χ1) is 8.29. The molecule has 1 aliphatic rings. The van der Waals surface area contributed by atoms with Crippen molar-refractivity contribution in [2.24, 2.45) is 0 Å². The van der Waals surface area contributed by atoms with Gasteiger partial charge in [-0.1, -0.05) is 6.92 Å². The van der Waals surface area contributed by atoms with Gasteiger partial charge in [0, 0.05) is 18.5 Å². The minimum atomic E-state index is 0.551. The van der Waals surface area contributed by atoms with E-state index in [2.05, 4.69) is 22.2 Å². The fourth-order valence-electron chi connectivity index (χ4n) is 1.64. The summed E-state index contributed by atoms with van der Waals surface area (Å²) in [5.41, 5.74) is 5.78. The van der Waals surface area contributed by atoms with Crippen molar-refractivity contribution in [2.75, 3.05) is 29.1 Å². The van der Waals surface area contributed by atoms with Crippen molar-refractivity contribution in [3.05, 3.63) is 11.9 Å². The van der Waals surface area contributed by atoms with Crippen LogP contribution in [0.25, 0.3) is 0 Å². The van der Waals surface area contributed by atoms with E-state index in [1.54, 1.807) is 0 Å². The number of nitrogens with zero attached hydrogens (tertiary/aromatic N) is 2. The van der Waals surface area contributed by atoms with Crippen LogP contribution in [-0.4, -0.2) is 28.0 Å². The Balaban J connectivity index is 1.82. The Kier molecular flexibility index (Phi) is 4.48. The van der Waals surface area contributed by atoms with E-state index in [-0.39, 0.29) is 0 Å². The molecule has 1 fully saturated rings. The van der Waals surface area contributed by atoms with Crippen LogP contribution in [0.1, 0.15) is 37.9 Å². The van der Waals surface area contributed by atoms with Crippen LogP contribution in [0.15, 0.2) is 6.07 Å². The molecule has 17 heavy (non-hydrogen) atoms. The smallest absolute Gasteiger partial charge is 0.136 e. The highest BCUT2D eigenvalue weighted by atomic mass is 32.2. The van der Waals surface area contributed by atoms with Crippen molar-refractivity contribution < 1.29 is 0 Å². The summed E-state index contributed by atoms with van der Waals surface area (Å²) in [6.45, 7) is 3.14. The predicted molar refractivity (Wildman–Crippen MR) is 74.5 cm³/mol. The van der Waals surface area contributed by atoms with Crippen LogP contribution in [0.4, 0.5) is 11.6 Å². The first-order valence-electron chi connectivity index (χ1n) is 6.25. The minimum Gasteiger partial charge on any atom is -0.384 e. The first kappa shape index (κ1) is 12.5. The molecule has 5 heteroatoms. The molecule has 0 bridgehead atoms. The zero-order valence-electron chi connectivity index (χ0n) is 10.3. The minimum absolute atomic E-state index is 0.551. The van der Waals surface area contributed by atoms with Crippen LogP contribution < -0.4 is 11.1 Å². The van der Waals surface area contributed by atoms with Crippen molar-refractivity contribution >= 4 is 23.4 Å². The molecule has 1 heterocycles. The molecule has 0 amide bonds. The Morgan fingerprint density at radius 1 is 1.47 bits per heavy atom. The summed E-state index contributed by atoms with van der Waals surface area (Å²) in [6, 6.07) is 1.82. The molecular formula is C12H20N4S. The lowest BCUT2D eigenvalue weighted by Crippen LogP contribution is -2.08. The molecule has 0 aromatic carbocycles. The van der Waals surface area contributed by atoms with Crippen LogP contribution in [0, 0.1) is 0 Å². The van der Waals surface area contributed by atoms with Gasteiger partial charge in [-0.3, -0.25) is 0 Å². The molecule has 0 radical (unpaired) electrons. The topological polar surface area (TPSA) is 63.8 Å². The third-order valence-corrected chi connectivity index (χ3v) is 3.67. The summed E-state index contributed by atoms with van der Waals surface area (Å²) in [7, 11) is 0. The van der Waals surface area contributed by atoms with Crippen LogP contribution >= 0.6 is 11.8 Å². The SMILES string of the molecule is CCSCCCNc1cc(N)nc(C2CC2)n1. The fourth-order valence-corrected chi connectivity index (χ4v) is 2.27. The van der Waals surface area contributed by atoms with Gasteiger partial charge >= 0.3 is 0 Å². The van der Waals surface area contributed by atoms with Gasteiger partial charge in [0.25, 0.3) is 0 Å². The predicted octanol–water partition coefficient (Wildman–Crippen LogP) is 2.49. The number of nitrogen functional groups attached to an aromatic ring is 1. The maximum atomic E-state index is 5.78. The van der Waals surface area contributed by atoms with E-state index in [4.69, 9.17) is 5.73 Å². The van der Waals surface area contributed by atoms with Gasteiger partial charge in [-0.25, -0.2) is 9.97 Å². The molecule has 4 nitrogen and oxygen atoms in total. The second-order valence-corrected chi connectivity index (χ2v) is 5.68. The molecule has 1 saturated carbocycles. The number of hydrogen-bond acceptors (Lipinski definition) is 5. The maximum Gasteiger partial charge on any atom is 0.136 e. The van der Waals surface area contributed by atoms with Gasteiger partial charge in [0.1, 0.15) is 17.5 Å². The Morgan fingerprint density at radius 3 is 3.00 bits per heavy atom. The summed E-state index contributed by atoms with van der Waals surface area (Å²) in [6.07, 6.45) is 3.56. The summed E-state index contributed by atoms with van der Waals surface area (Å²) in [5, 5.41) is 3.32. The highest BCUT2D eigenvalue weighted by molar-refractivity contribution is 7.99. The molecule has 1 aromatic heterocycles. The van der Waals surface area contributed by atoms with E-state index in [0.29, 0.717) is 11.7 Å². The molecule has 0 atom stereocenters. The highest BCUT2D eigenvalue weighted by Crippen LogP contribution is 2.38. The summed E-state index contributed by atoms with van der Waals surface area (Å²) in [4.78, 5) is 8.78. The standard InChI is InChI=1S/C12H20N4S/c1-2-17-7-3-6-14-11-8-10(13)15-12(16-11)9-4-5-9/h8-9H,2-7H2,1H3,(H3,13,14,15,16). The normalized spacial score (nSPS) is 14.9. The van der Waals surface area contributed by atoms with Crippen LogP contribution in [0.5, 0.6) is 0 Å². The molecule has 1 aromatic rings. The van der Waals surface area contributed by atoms with Crippen molar-refractivity contribution in [3.8, 4) is 0 Å². The molecule has 0 spiro atoms. The molecule has 2 rings (SSSR count). The van der Waals surface area contributed by atoms with Gasteiger partial charge < -0.3 is 11.1 Å². The zero-order valence-corrected chi connectivity index (χ0v) is 11.1. The Bertz CT molecular complexity index is 366. The summed E-state index contributed by atoms with van der Waals surface area (Å²) < 4.78 is 0. The molecule has 1 aliphatic carbocycles. The maximum absolute atomic E-state index is 5.78. The van der Waals surface area contributed by atoms with Crippen molar-refractivity contribution in [1.29, 1.82) is 0 Å². The van der Waals surface area contributed by atoms with E-state index in [9.17, 15) is 0 Å². The lowest BCUT2D eigenvalue weighted by atomic mass is 10.3. The Labute approximate surface area is 107 Å². The third kappa shape index (κ3) is 4.07. The molecule has 94 valence electrons. The molecule has 0 unspecified atom stereocenters.